The third-order valence-electron chi connectivity index (χ3n) is 3.42. The van der Waals surface area contributed by atoms with E-state index in [2.05, 4.69) is 10.6 Å². The molecule has 0 aromatic heterocycles. The number of carbonyl (C=O) groups excluding carboxylic acids is 1. The highest BCUT2D eigenvalue weighted by molar-refractivity contribution is 5.85. The molecule has 6 heteroatoms. The molecule has 0 spiro atoms. The first-order valence-electron chi connectivity index (χ1n) is 7.34. The summed E-state index contributed by atoms with van der Waals surface area (Å²) in [5.41, 5.74) is 0.798. The molecule has 126 valence electrons. The molecule has 0 heterocycles. The summed E-state index contributed by atoms with van der Waals surface area (Å²) >= 11 is 0. The monoisotopic (exact) mass is 338 g/mol. The van der Waals surface area contributed by atoms with Crippen molar-refractivity contribution in [3.63, 3.8) is 0 Å². The van der Waals surface area contributed by atoms with Crippen LogP contribution in [-0.2, 0) is 9.53 Å². The van der Waals surface area contributed by atoms with E-state index in [1.807, 2.05) is 42.5 Å². The molecule has 0 bridgehead atoms. The van der Waals surface area contributed by atoms with Gasteiger partial charge in [-0.3, -0.25) is 4.79 Å². The van der Waals surface area contributed by atoms with Crippen LogP contribution in [-0.4, -0.2) is 44.4 Å². The number of benzene rings is 2. The molecular weight excluding hydrogens is 316 g/mol. The highest BCUT2D eigenvalue weighted by Gasteiger charge is 2.10. The summed E-state index contributed by atoms with van der Waals surface area (Å²) in [6.07, 6.45) is -0.715. The molecule has 1 amide bonds. The maximum Gasteiger partial charge on any atom is 0.234 e. The topological polar surface area (TPSA) is 70.6 Å². The van der Waals surface area contributed by atoms with Crippen molar-refractivity contribution in [2.24, 2.45) is 0 Å². The van der Waals surface area contributed by atoms with Gasteiger partial charge in [-0.15, -0.1) is 12.4 Å². The smallest absolute Gasteiger partial charge is 0.234 e. The van der Waals surface area contributed by atoms with Crippen molar-refractivity contribution in [2.75, 3.05) is 33.4 Å². The van der Waals surface area contributed by atoms with E-state index < -0.39 is 6.10 Å². The molecule has 23 heavy (non-hydrogen) atoms. The van der Waals surface area contributed by atoms with Gasteiger partial charge in [0, 0.05) is 20.2 Å². The lowest BCUT2D eigenvalue weighted by molar-refractivity contribution is -0.120. The minimum Gasteiger partial charge on any atom is -0.387 e. The van der Waals surface area contributed by atoms with Gasteiger partial charge in [-0.05, 0) is 22.4 Å². The molecule has 2 aromatic rings. The Labute approximate surface area is 142 Å². The molecular formula is C17H23ClN2O3. The number of ether oxygens (including phenoxy) is 1. The average molecular weight is 339 g/mol. The Kier molecular flexibility index (Phi) is 8.58. The number of hydrogen-bond donors (Lipinski definition) is 3. The van der Waals surface area contributed by atoms with E-state index in [0.29, 0.717) is 13.2 Å². The van der Waals surface area contributed by atoms with Crippen LogP contribution in [0, 0.1) is 0 Å². The van der Waals surface area contributed by atoms with Crippen LogP contribution in [0.3, 0.4) is 0 Å². The molecule has 3 N–H and O–H groups in total. The molecule has 0 aliphatic rings. The summed E-state index contributed by atoms with van der Waals surface area (Å²) in [7, 11) is 1.61. The zero-order chi connectivity index (χ0) is 15.8. The number of carbonyl (C=O) groups is 1. The van der Waals surface area contributed by atoms with Crippen LogP contribution in [0.1, 0.15) is 11.7 Å². The van der Waals surface area contributed by atoms with E-state index >= 15 is 0 Å². The predicted molar refractivity (Wildman–Crippen MR) is 93.9 cm³/mol. The molecule has 0 saturated heterocycles. The second-order valence-electron chi connectivity index (χ2n) is 5.10. The lowest BCUT2D eigenvalue weighted by Crippen LogP contribution is -2.37. The van der Waals surface area contributed by atoms with Crippen molar-refractivity contribution in [3.8, 4) is 0 Å². The standard InChI is InChI=1S/C17H22N2O3.ClH/c1-22-9-8-18-12-17(21)19-11-16(20)15-7-6-13-4-2-3-5-14(13)10-15;/h2-7,10,16,18,20H,8-9,11-12H2,1H3,(H,19,21);1H. The Morgan fingerprint density at radius 3 is 2.70 bits per heavy atom. The number of rotatable bonds is 8. The number of hydrogen-bond acceptors (Lipinski definition) is 4. The van der Waals surface area contributed by atoms with Gasteiger partial charge in [-0.2, -0.15) is 0 Å². The molecule has 5 nitrogen and oxygen atoms in total. The average Bonchev–Trinajstić information content (AvgIpc) is 2.56. The molecule has 0 aliphatic carbocycles. The summed E-state index contributed by atoms with van der Waals surface area (Å²) in [6, 6.07) is 13.8. The summed E-state index contributed by atoms with van der Waals surface area (Å²) in [5, 5.41) is 18.1. The number of amides is 1. The number of nitrogens with one attached hydrogen (secondary N) is 2. The molecule has 0 radical (unpaired) electrons. The van der Waals surface area contributed by atoms with Crippen LogP contribution in [0.4, 0.5) is 0 Å². The van der Waals surface area contributed by atoms with E-state index in [0.717, 1.165) is 16.3 Å². The largest absolute Gasteiger partial charge is 0.387 e. The highest BCUT2D eigenvalue weighted by atomic mass is 35.5. The van der Waals surface area contributed by atoms with Gasteiger partial charge < -0.3 is 20.5 Å². The Balaban J connectivity index is 0.00000264. The first-order chi connectivity index (χ1) is 10.7. The van der Waals surface area contributed by atoms with Crippen LogP contribution >= 0.6 is 12.4 Å². The van der Waals surface area contributed by atoms with Crippen LogP contribution in [0.15, 0.2) is 42.5 Å². The van der Waals surface area contributed by atoms with Crippen LogP contribution in [0.2, 0.25) is 0 Å². The van der Waals surface area contributed by atoms with Gasteiger partial charge in [0.25, 0.3) is 0 Å². The van der Waals surface area contributed by atoms with Crippen molar-refractivity contribution in [1.82, 2.24) is 10.6 Å². The van der Waals surface area contributed by atoms with Gasteiger partial charge >= 0.3 is 0 Å². The number of methoxy groups -OCH3 is 1. The van der Waals surface area contributed by atoms with E-state index in [1.165, 1.54) is 0 Å². The van der Waals surface area contributed by atoms with E-state index in [4.69, 9.17) is 4.74 Å². The van der Waals surface area contributed by atoms with Gasteiger partial charge in [0.15, 0.2) is 0 Å². The minimum atomic E-state index is -0.715. The molecule has 1 unspecified atom stereocenters. The zero-order valence-electron chi connectivity index (χ0n) is 13.1. The zero-order valence-corrected chi connectivity index (χ0v) is 13.9. The summed E-state index contributed by atoms with van der Waals surface area (Å²) < 4.78 is 4.88. The maximum absolute atomic E-state index is 11.6. The Bertz CT molecular complexity index is 622. The molecule has 0 fully saturated rings. The second-order valence-corrected chi connectivity index (χ2v) is 5.10. The van der Waals surface area contributed by atoms with Crippen molar-refractivity contribution in [3.05, 3.63) is 48.0 Å². The Hall–Kier alpha value is -1.66. The Morgan fingerprint density at radius 1 is 1.22 bits per heavy atom. The molecule has 2 rings (SSSR count). The fourth-order valence-electron chi connectivity index (χ4n) is 2.18. The van der Waals surface area contributed by atoms with Crippen molar-refractivity contribution < 1.29 is 14.6 Å². The van der Waals surface area contributed by atoms with E-state index in [-0.39, 0.29) is 31.4 Å². The fraction of sp³-hybridized carbons (Fsp3) is 0.353. The van der Waals surface area contributed by atoms with Crippen molar-refractivity contribution in [1.29, 1.82) is 0 Å². The number of fused-ring (bicyclic) bond motifs is 1. The van der Waals surface area contributed by atoms with Crippen LogP contribution in [0.25, 0.3) is 10.8 Å². The molecule has 0 saturated carbocycles. The summed E-state index contributed by atoms with van der Waals surface area (Å²) in [4.78, 5) is 11.6. The maximum atomic E-state index is 11.6. The fourth-order valence-corrected chi connectivity index (χ4v) is 2.18. The predicted octanol–water partition coefficient (Wildman–Crippen LogP) is 1.65. The lowest BCUT2D eigenvalue weighted by Gasteiger charge is -2.13. The summed E-state index contributed by atoms with van der Waals surface area (Å²) in [6.45, 7) is 1.60. The van der Waals surface area contributed by atoms with Gasteiger partial charge in [-0.1, -0.05) is 36.4 Å². The van der Waals surface area contributed by atoms with Gasteiger partial charge in [-0.25, -0.2) is 0 Å². The first kappa shape index (κ1) is 19.4. The first-order valence-corrected chi connectivity index (χ1v) is 7.34. The molecule has 1 atom stereocenters. The van der Waals surface area contributed by atoms with Gasteiger partial charge in [0.2, 0.25) is 5.91 Å². The number of aliphatic hydroxyl groups is 1. The lowest BCUT2D eigenvalue weighted by atomic mass is 10.0. The van der Waals surface area contributed by atoms with Crippen molar-refractivity contribution in [2.45, 2.75) is 6.10 Å². The second kappa shape index (κ2) is 10.2. The third kappa shape index (κ3) is 6.15. The number of aliphatic hydroxyl groups excluding tert-OH is 1. The van der Waals surface area contributed by atoms with Crippen molar-refractivity contribution >= 4 is 29.1 Å². The SMILES string of the molecule is COCCNCC(=O)NCC(O)c1ccc2ccccc2c1.Cl. The summed E-state index contributed by atoms with van der Waals surface area (Å²) in [5.74, 6) is -0.143. The quantitative estimate of drug-likeness (QED) is 0.640. The van der Waals surface area contributed by atoms with E-state index in [1.54, 1.807) is 7.11 Å². The Morgan fingerprint density at radius 2 is 1.96 bits per heavy atom. The molecule has 2 aromatic carbocycles. The normalized spacial score (nSPS) is 11.7. The van der Waals surface area contributed by atoms with E-state index in [9.17, 15) is 9.90 Å². The number of halogens is 1. The highest BCUT2D eigenvalue weighted by Crippen LogP contribution is 2.19. The van der Waals surface area contributed by atoms with Crippen LogP contribution < -0.4 is 10.6 Å². The third-order valence-corrected chi connectivity index (χ3v) is 3.42. The van der Waals surface area contributed by atoms with Gasteiger partial charge in [0.05, 0.1) is 19.3 Å². The van der Waals surface area contributed by atoms with Crippen LogP contribution in [0.5, 0.6) is 0 Å². The molecule has 0 aliphatic heterocycles. The van der Waals surface area contributed by atoms with Gasteiger partial charge in [0.1, 0.15) is 0 Å². The minimum absolute atomic E-state index is 0.